The molecule has 0 spiro atoms. The van der Waals surface area contributed by atoms with Crippen LogP contribution < -0.4 is 10.6 Å². The van der Waals surface area contributed by atoms with E-state index in [1.807, 2.05) is 11.8 Å². The van der Waals surface area contributed by atoms with E-state index in [1.165, 1.54) is 12.8 Å². The van der Waals surface area contributed by atoms with E-state index in [2.05, 4.69) is 10.6 Å². The van der Waals surface area contributed by atoms with Crippen LogP contribution in [0.5, 0.6) is 0 Å². The van der Waals surface area contributed by atoms with Crippen molar-refractivity contribution < 1.29 is 4.79 Å². The van der Waals surface area contributed by atoms with Gasteiger partial charge in [0, 0.05) is 26.2 Å². The van der Waals surface area contributed by atoms with Gasteiger partial charge < -0.3 is 15.5 Å². The number of amides is 2. The lowest BCUT2D eigenvalue weighted by molar-refractivity contribution is 0.198. The van der Waals surface area contributed by atoms with E-state index in [1.54, 1.807) is 7.05 Å². The molecule has 4 heteroatoms. The summed E-state index contributed by atoms with van der Waals surface area (Å²) in [6.07, 6.45) is 2.42. The second-order valence-corrected chi connectivity index (χ2v) is 3.39. The largest absolute Gasteiger partial charge is 0.341 e. The summed E-state index contributed by atoms with van der Waals surface area (Å²) in [5, 5.41) is 6.03. The fourth-order valence-corrected chi connectivity index (χ4v) is 1.69. The number of nitrogens with one attached hydrogen (secondary N) is 2. The summed E-state index contributed by atoms with van der Waals surface area (Å²) >= 11 is 0. The van der Waals surface area contributed by atoms with Gasteiger partial charge in [0.2, 0.25) is 0 Å². The number of rotatable bonds is 3. The molecule has 1 fully saturated rings. The first-order chi connectivity index (χ1) is 6.27. The van der Waals surface area contributed by atoms with Gasteiger partial charge in [0.15, 0.2) is 0 Å². The Hall–Kier alpha value is -0.770. The minimum atomic E-state index is 0.0243. The average Bonchev–Trinajstić information content (AvgIpc) is 2.65. The molecule has 1 unspecified atom stereocenters. The van der Waals surface area contributed by atoms with Gasteiger partial charge in [-0.25, -0.2) is 4.79 Å². The van der Waals surface area contributed by atoms with Crippen molar-refractivity contribution in [3.8, 4) is 0 Å². The van der Waals surface area contributed by atoms with E-state index < -0.39 is 0 Å². The molecule has 0 aromatic heterocycles. The summed E-state index contributed by atoms with van der Waals surface area (Å²) < 4.78 is 0. The van der Waals surface area contributed by atoms with E-state index in [0.29, 0.717) is 6.04 Å². The Morgan fingerprint density at radius 3 is 2.92 bits per heavy atom. The molecular formula is C9H19N3O. The van der Waals surface area contributed by atoms with Crippen molar-refractivity contribution in [3.63, 3.8) is 0 Å². The third-order valence-corrected chi connectivity index (χ3v) is 2.49. The van der Waals surface area contributed by atoms with E-state index >= 15 is 0 Å². The third-order valence-electron chi connectivity index (χ3n) is 2.49. The van der Waals surface area contributed by atoms with Crippen LogP contribution in [0.2, 0.25) is 0 Å². The Labute approximate surface area is 79.7 Å². The van der Waals surface area contributed by atoms with Gasteiger partial charge in [0.25, 0.3) is 0 Å². The van der Waals surface area contributed by atoms with Gasteiger partial charge in [-0.3, -0.25) is 0 Å². The second-order valence-electron chi connectivity index (χ2n) is 3.39. The summed E-state index contributed by atoms with van der Waals surface area (Å²) in [4.78, 5) is 13.2. The van der Waals surface area contributed by atoms with Crippen LogP contribution >= 0.6 is 0 Å². The molecule has 0 aromatic carbocycles. The van der Waals surface area contributed by atoms with Crippen molar-refractivity contribution in [1.29, 1.82) is 0 Å². The van der Waals surface area contributed by atoms with Crippen molar-refractivity contribution in [2.24, 2.45) is 0 Å². The molecule has 1 atom stereocenters. The molecule has 4 nitrogen and oxygen atoms in total. The van der Waals surface area contributed by atoms with E-state index in [0.717, 1.165) is 19.6 Å². The SMILES string of the molecule is CCN(CC1CCCN1)C(=O)NC. The second kappa shape index (κ2) is 5.07. The highest BCUT2D eigenvalue weighted by Gasteiger charge is 2.19. The highest BCUT2D eigenvalue weighted by Crippen LogP contribution is 2.06. The predicted octanol–water partition coefficient (Wildman–Crippen LogP) is 0.400. The molecule has 2 N–H and O–H groups in total. The molecule has 1 aliphatic rings. The standard InChI is InChI=1S/C9H19N3O/c1-3-12(9(13)10-2)7-8-5-4-6-11-8/h8,11H,3-7H2,1-2H3,(H,10,13). The molecule has 1 saturated heterocycles. The van der Waals surface area contributed by atoms with Crippen molar-refractivity contribution >= 4 is 6.03 Å². The maximum absolute atomic E-state index is 11.3. The number of likely N-dealkylation sites (N-methyl/N-ethyl adjacent to an activating group) is 1. The fraction of sp³-hybridized carbons (Fsp3) is 0.889. The topological polar surface area (TPSA) is 44.4 Å². The van der Waals surface area contributed by atoms with Gasteiger partial charge in [0.1, 0.15) is 0 Å². The van der Waals surface area contributed by atoms with Crippen LogP contribution in [0, 0.1) is 0 Å². The minimum absolute atomic E-state index is 0.0243. The quantitative estimate of drug-likeness (QED) is 0.668. The Morgan fingerprint density at radius 1 is 1.69 bits per heavy atom. The summed E-state index contributed by atoms with van der Waals surface area (Å²) in [6.45, 7) is 4.70. The van der Waals surface area contributed by atoms with Gasteiger partial charge >= 0.3 is 6.03 Å². The Kier molecular flexibility index (Phi) is 4.02. The van der Waals surface area contributed by atoms with Gasteiger partial charge in [-0.2, -0.15) is 0 Å². The van der Waals surface area contributed by atoms with Crippen LogP contribution in [0.15, 0.2) is 0 Å². The smallest absolute Gasteiger partial charge is 0.317 e. The highest BCUT2D eigenvalue weighted by atomic mass is 16.2. The highest BCUT2D eigenvalue weighted by molar-refractivity contribution is 5.73. The van der Waals surface area contributed by atoms with E-state index in [-0.39, 0.29) is 6.03 Å². The number of nitrogens with zero attached hydrogens (tertiary/aromatic N) is 1. The fourth-order valence-electron chi connectivity index (χ4n) is 1.69. The zero-order valence-corrected chi connectivity index (χ0v) is 8.47. The number of carbonyl (C=O) groups is 1. The Morgan fingerprint density at radius 2 is 2.46 bits per heavy atom. The van der Waals surface area contributed by atoms with Crippen molar-refractivity contribution in [3.05, 3.63) is 0 Å². The molecule has 2 amide bonds. The van der Waals surface area contributed by atoms with Crippen LogP contribution in [-0.2, 0) is 0 Å². The van der Waals surface area contributed by atoms with E-state index in [9.17, 15) is 4.79 Å². The number of urea groups is 1. The molecule has 0 radical (unpaired) electrons. The molecule has 0 saturated carbocycles. The van der Waals surface area contributed by atoms with Crippen LogP contribution in [-0.4, -0.2) is 43.7 Å². The molecule has 0 aliphatic carbocycles. The first kappa shape index (κ1) is 10.3. The predicted molar refractivity (Wildman–Crippen MR) is 52.7 cm³/mol. The summed E-state index contributed by atoms with van der Waals surface area (Å²) in [5.41, 5.74) is 0. The number of carbonyl (C=O) groups excluding carboxylic acids is 1. The van der Waals surface area contributed by atoms with Crippen LogP contribution in [0.3, 0.4) is 0 Å². The van der Waals surface area contributed by atoms with Crippen molar-refractivity contribution in [1.82, 2.24) is 15.5 Å². The first-order valence-electron chi connectivity index (χ1n) is 4.98. The summed E-state index contributed by atoms with van der Waals surface area (Å²) in [5.74, 6) is 0. The molecule has 1 heterocycles. The van der Waals surface area contributed by atoms with Gasteiger partial charge in [-0.05, 0) is 26.3 Å². The Bertz CT molecular complexity index is 166. The van der Waals surface area contributed by atoms with Crippen LogP contribution in [0.4, 0.5) is 4.79 Å². The van der Waals surface area contributed by atoms with Gasteiger partial charge in [-0.15, -0.1) is 0 Å². The Balaban J connectivity index is 2.33. The maximum atomic E-state index is 11.3. The number of hydrogen-bond acceptors (Lipinski definition) is 2. The molecule has 76 valence electrons. The van der Waals surface area contributed by atoms with Crippen LogP contribution in [0.25, 0.3) is 0 Å². The molecule has 1 aliphatic heterocycles. The van der Waals surface area contributed by atoms with Crippen molar-refractivity contribution in [2.45, 2.75) is 25.8 Å². The monoisotopic (exact) mass is 185 g/mol. The first-order valence-corrected chi connectivity index (χ1v) is 4.98. The zero-order chi connectivity index (χ0) is 9.68. The molecular weight excluding hydrogens is 166 g/mol. The summed E-state index contributed by atoms with van der Waals surface area (Å²) in [7, 11) is 1.67. The average molecular weight is 185 g/mol. The van der Waals surface area contributed by atoms with Crippen molar-refractivity contribution in [2.75, 3.05) is 26.7 Å². The minimum Gasteiger partial charge on any atom is -0.341 e. The van der Waals surface area contributed by atoms with E-state index in [4.69, 9.17) is 0 Å². The molecule has 13 heavy (non-hydrogen) atoms. The normalized spacial score (nSPS) is 21.5. The van der Waals surface area contributed by atoms with Crippen LogP contribution in [0.1, 0.15) is 19.8 Å². The molecule has 1 rings (SSSR count). The lowest BCUT2D eigenvalue weighted by atomic mass is 10.2. The van der Waals surface area contributed by atoms with Gasteiger partial charge in [0.05, 0.1) is 0 Å². The summed E-state index contributed by atoms with van der Waals surface area (Å²) in [6, 6.07) is 0.522. The van der Waals surface area contributed by atoms with Gasteiger partial charge in [-0.1, -0.05) is 0 Å². The lowest BCUT2D eigenvalue weighted by Crippen LogP contribution is -2.44. The lowest BCUT2D eigenvalue weighted by Gasteiger charge is -2.23. The molecule has 0 bridgehead atoms. The maximum Gasteiger partial charge on any atom is 0.317 e. The zero-order valence-electron chi connectivity index (χ0n) is 8.47. The number of hydrogen-bond donors (Lipinski definition) is 2. The molecule has 0 aromatic rings. The third kappa shape index (κ3) is 2.88.